The molecule has 2 heterocycles. The molecule has 28 heavy (non-hydrogen) atoms. The second-order valence-electron chi connectivity index (χ2n) is 6.70. The van der Waals surface area contributed by atoms with Gasteiger partial charge in [-0.2, -0.15) is 0 Å². The molecule has 2 N–H and O–H groups in total. The van der Waals surface area contributed by atoms with Crippen LogP contribution in [-0.4, -0.2) is 34.2 Å². The number of allylic oxidation sites excluding steroid dienone is 2. The summed E-state index contributed by atoms with van der Waals surface area (Å²) in [6.07, 6.45) is 9.68. The van der Waals surface area contributed by atoms with Gasteiger partial charge in [-0.3, -0.25) is 5.43 Å². The van der Waals surface area contributed by atoms with Crippen molar-refractivity contribution in [3.05, 3.63) is 70.3 Å². The van der Waals surface area contributed by atoms with Crippen molar-refractivity contribution in [2.45, 2.75) is 25.6 Å². The first-order chi connectivity index (χ1) is 13.6. The molecule has 146 valence electrons. The Bertz CT molecular complexity index is 953. The summed E-state index contributed by atoms with van der Waals surface area (Å²) in [6, 6.07) is 5.66. The van der Waals surface area contributed by atoms with Crippen LogP contribution in [0.25, 0.3) is 5.57 Å². The first-order valence-electron chi connectivity index (χ1n) is 9.11. The number of fused-ring (bicyclic) bond motifs is 1. The van der Waals surface area contributed by atoms with E-state index in [-0.39, 0.29) is 18.0 Å². The van der Waals surface area contributed by atoms with Gasteiger partial charge in [0.1, 0.15) is 0 Å². The van der Waals surface area contributed by atoms with Crippen molar-refractivity contribution in [1.29, 1.82) is 0 Å². The summed E-state index contributed by atoms with van der Waals surface area (Å²) in [5, 5.41) is 1.23. The van der Waals surface area contributed by atoms with Crippen molar-refractivity contribution >= 4 is 34.7 Å². The molecule has 3 unspecified atom stereocenters. The Morgan fingerprint density at radius 2 is 2.18 bits per heavy atom. The lowest BCUT2D eigenvalue weighted by molar-refractivity contribution is 0.0505. The quantitative estimate of drug-likeness (QED) is 0.727. The lowest BCUT2D eigenvalue weighted by Gasteiger charge is -2.26. The summed E-state index contributed by atoms with van der Waals surface area (Å²) in [6.45, 7) is 2.67. The number of hydrogen-bond acceptors (Lipinski definition) is 5. The van der Waals surface area contributed by atoms with Gasteiger partial charge in [0.05, 0.1) is 12.6 Å². The first kappa shape index (κ1) is 19.2. The summed E-state index contributed by atoms with van der Waals surface area (Å²) in [5.41, 5.74) is 8.78. The highest BCUT2D eigenvalue weighted by Gasteiger charge is 2.38. The smallest absolute Gasteiger partial charge is 0.374 e. The number of nitrogens with one attached hydrogen (secondary N) is 2. The number of benzene rings is 1. The van der Waals surface area contributed by atoms with E-state index in [9.17, 15) is 4.79 Å². The zero-order chi connectivity index (χ0) is 19.7. The Labute approximate surface area is 173 Å². The van der Waals surface area contributed by atoms with E-state index in [1.807, 2.05) is 22.8 Å². The molecule has 1 fully saturated rings. The molecule has 2 aromatic rings. The Kier molecular flexibility index (Phi) is 5.55. The highest BCUT2D eigenvalue weighted by Crippen LogP contribution is 2.36. The molecule has 1 aromatic heterocycles. The van der Waals surface area contributed by atoms with E-state index in [1.54, 1.807) is 25.4 Å². The monoisotopic (exact) mass is 418 g/mol. The lowest BCUT2D eigenvalue weighted by Crippen LogP contribution is -2.36. The van der Waals surface area contributed by atoms with Crippen molar-refractivity contribution in [3.8, 4) is 0 Å². The Hall–Kier alpha value is -2.12. The van der Waals surface area contributed by atoms with Crippen molar-refractivity contribution in [1.82, 2.24) is 20.4 Å². The normalized spacial score (nSPS) is 23.4. The fraction of sp³-hybridized carbons (Fsp3) is 0.300. The largest absolute Gasteiger partial charge is 0.460 e. The maximum absolute atomic E-state index is 12.1. The van der Waals surface area contributed by atoms with Crippen LogP contribution in [0.4, 0.5) is 0 Å². The van der Waals surface area contributed by atoms with E-state index in [1.165, 1.54) is 0 Å². The van der Waals surface area contributed by atoms with Gasteiger partial charge in [0, 0.05) is 40.9 Å². The molecule has 0 spiro atoms. The van der Waals surface area contributed by atoms with E-state index in [0.717, 1.165) is 11.1 Å². The minimum absolute atomic E-state index is 0.0586. The van der Waals surface area contributed by atoms with Gasteiger partial charge in [-0.05, 0) is 30.2 Å². The number of hydrogen-bond donors (Lipinski definition) is 2. The van der Waals surface area contributed by atoms with Crippen molar-refractivity contribution in [3.63, 3.8) is 0 Å². The van der Waals surface area contributed by atoms with Gasteiger partial charge in [0.15, 0.2) is 0 Å². The van der Waals surface area contributed by atoms with Crippen LogP contribution in [0.2, 0.25) is 10.0 Å². The number of nitrogens with zero attached hydrogens (tertiary/aromatic N) is 2. The fourth-order valence-corrected chi connectivity index (χ4v) is 4.26. The fourth-order valence-electron chi connectivity index (χ4n) is 3.75. The number of carbonyl (C=O) groups excluding carboxylic acids is 1. The maximum atomic E-state index is 12.1. The summed E-state index contributed by atoms with van der Waals surface area (Å²) in [4.78, 5) is 16.2. The second kappa shape index (κ2) is 8.09. The molecule has 2 aliphatic rings. The van der Waals surface area contributed by atoms with Gasteiger partial charge < -0.3 is 9.30 Å². The summed E-state index contributed by atoms with van der Waals surface area (Å²) < 4.78 is 6.91. The molecule has 0 saturated carbocycles. The van der Waals surface area contributed by atoms with Crippen molar-refractivity contribution in [2.24, 2.45) is 5.92 Å². The molecule has 3 atom stereocenters. The molecule has 8 heteroatoms. The van der Waals surface area contributed by atoms with Crippen LogP contribution in [0.15, 0.2) is 48.8 Å². The molecule has 0 radical (unpaired) electrons. The molecular weight excluding hydrogens is 399 g/mol. The maximum Gasteiger partial charge on any atom is 0.374 e. The number of aromatic nitrogens is 2. The number of esters is 1. The molecule has 1 aliphatic heterocycles. The summed E-state index contributed by atoms with van der Waals surface area (Å²) in [7, 11) is 0. The predicted octanol–water partition coefficient (Wildman–Crippen LogP) is 3.48. The topological polar surface area (TPSA) is 68.2 Å². The average molecular weight is 419 g/mol. The Morgan fingerprint density at radius 3 is 2.96 bits per heavy atom. The zero-order valence-corrected chi connectivity index (χ0v) is 16.7. The van der Waals surface area contributed by atoms with Gasteiger partial charge in [-0.1, -0.05) is 47.5 Å². The van der Waals surface area contributed by atoms with Crippen LogP contribution in [-0.2, 0) is 11.3 Å². The van der Waals surface area contributed by atoms with E-state index in [4.69, 9.17) is 27.9 Å². The van der Waals surface area contributed by atoms with Crippen LogP contribution in [0.1, 0.15) is 23.1 Å². The van der Waals surface area contributed by atoms with Crippen LogP contribution in [0.3, 0.4) is 0 Å². The van der Waals surface area contributed by atoms with Gasteiger partial charge in [0.25, 0.3) is 0 Å². The summed E-state index contributed by atoms with van der Waals surface area (Å²) in [5.74, 6) is 0.0790. The third-order valence-corrected chi connectivity index (χ3v) is 5.57. The minimum atomic E-state index is -0.414. The third kappa shape index (κ3) is 3.61. The summed E-state index contributed by atoms with van der Waals surface area (Å²) >= 11 is 12.5. The van der Waals surface area contributed by atoms with E-state index < -0.39 is 5.97 Å². The van der Waals surface area contributed by atoms with E-state index in [0.29, 0.717) is 29.0 Å². The molecular formula is C20H20Cl2N4O2. The van der Waals surface area contributed by atoms with Crippen LogP contribution >= 0.6 is 23.2 Å². The molecule has 6 nitrogen and oxygen atoms in total. The van der Waals surface area contributed by atoms with Gasteiger partial charge in [-0.15, -0.1) is 0 Å². The van der Waals surface area contributed by atoms with Crippen LogP contribution < -0.4 is 10.9 Å². The van der Waals surface area contributed by atoms with Crippen molar-refractivity contribution in [2.75, 3.05) is 6.61 Å². The first-order valence-corrected chi connectivity index (χ1v) is 9.87. The van der Waals surface area contributed by atoms with Crippen LogP contribution in [0, 0.1) is 5.92 Å². The van der Waals surface area contributed by atoms with E-state index >= 15 is 0 Å². The number of hydrazine groups is 1. The minimum Gasteiger partial charge on any atom is -0.460 e. The Balaban J connectivity index is 1.54. The number of rotatable bonds is 5. The number of halogens is 2. The highest BCUT2D eigenvalue weighted by atomic mass is 35.5. The molecule has 4 rings (SSSR count). The molecule has 0 bridgehead atoms. The average Bonchev–Trinajstić information content (AvgIpc) is 3.30. The van der Waals surface area contributed by atoms with Gasteiger partial charge in [0.2, 0.25) is 5.82 Å². The molecule has 1 aliphatic carbocycles. The number of carbonyl (C=O) groups is 1. The van der Waals surface area contributed by atoms with E-state index in [2.05, 4.69) is 28.0 Å². The Morgan fingerprint density at radius 1 is 1.32 bits per heavy atom. The van der Waals surface area contributed by atoms with Crippen molar-refractivity contribution < 1.29 is 9.53 Å². The molecule has 1 saturated heterocycles. The highest BCUT2D eigenvalue weighted by molar-refractivity contribution is 6.35. The van der Waals surface area contributed by atoms with Gasteiger partial charge >= 0.3 is 5.97 Å². The SMILES string of the molecule is CCOC(=O)c1nccn1CC1NNC2C(c3ccc(Cl)cc3Cl)=CC=CC12. The number of imidazole rings is 1. The standard InChI is InChI=1S/C20H20Cl2N4O2/c1-2-28-20(27)19-23-8-9-26(19)11-17-15-5-3-4-14(18(15)25-24-17)13-7-6-12(21)10-16(13)22/h3-10,15,17-18,24-25H,2,11H2,1H3. The van der Waals surface area contributed by atoms with Crippen LogP contribution in [0.5, 0.6) is 0 Å². The molecule has 0 amide bonds. The van der Waals surface area contributed by atoms with Gasteiger partial charge in [-0.25, -0.2) is 15.2 Å². The third-order valence-electron chi connectivity index (χ3n) is 5.03. The predicted molar refractivity (Wildman–Crippen MR) is 109 cm³/mol. The molecule has 1 aromatic carbocycles. The zero-order valence-electron chi connectivity index (χ0n) is 15.2. The second-order valence-corrected chi connectivity index (χ2v) is 7.55. The lowest BCUT2D eigenvalue weighted by atomic mass is 9.82. The number of ether oxygens (including phenoxy) is 1.